The van der Waals surface area contributed by atoms with Crippen LogP contribution in [0, 0.1) is 0 Å². The third-order valence-electron chi connectivity index (χ3n) is 3.61. The summed E-state index contributed by atoms with van der Waals surface area (Å²) in [5.41, 5.74) is 8.36. The first-order valence-electron chi connectivity index (χ1n) is 6.80. The summed E-state index contributed by atoms with van der Waals surface area (Å²) in [6.45, 7) is 10.3. The Morgan fingerprint density at radius 1 is 1.39 bits per heavy atom. The number of hydrogen-bond donors (Lipinski definition) is 1. The van der Waals surface area contributed by atoms with E-state index in [1.165, 1.54) is 11.3 Å². The normalized spacial score (nSPS) is 20.6. The van der Waals surface area contributed by atoms with Crippen LogP contribution < -0.4 is 15.4 Å². The van der Waals surface area contributed by atoms with Crippen molar-refractivity contribution in [1.29, 1.82) is 0 Å². The standard InChI is InChI=1S/C15H24N2O/c1-10(2)13-5-6-15-14(7-13)17(11(3)8-16)9-12(4)18-15/h5-7,10-12H,8-9,16H2,1-4H3. The fraction of sp³-hybridized carbons (Fsp3) is 0.600. The molecule has 3 heteroatoms. The maximum absolute atomic E-state index is 5.91. The van der Waals surface area contributed by atoms with Crippen molar-refractivity contribution < 1.29 is 4.74 Å². The number of benzene rings is 1. The Kier molecular flexibility index (Phi) is 3.81. The van der Waals surface area contributed by atoms with Gasteiger partial charge >= 0.3 is 0 Å². The summed E-state index contributed by atoms with van der Waals surface area (Å²) < 4.78 is 5.91. The lowest BCUT2D eigenvalue weighted by atomic mass is 10.0. The van der Waals surface area contributed by atoms with E-state index in [9.17, 15) is 0 Å². The summed E-state index contributed by atoms with van der Waals surface area (Å²) >= 11 is 0. The van der Waals surface area contributed by atoms with Crippen LogP contribution in [0.3, 0.4) is 0 Å². The smallest absolute Gasteiger partial charge is 0.143 e. The number of nitrogens with two attached hydrogens (primary N) is 1. The third kappa shape index (κ3) is 2.46. The molecule has 100 valence electrons. The van der Waals surface area contributed by atoms with Gasteiger partial charge in [0.15, 0.2) is 0 Å². The molecule has 0 bridgehead atoms. The summed E-state index contributed by atoms with van der Waals surface area (Å²) in [5, 5.41) is 0. The molecule has 1 aromatic rings. The van der Waals surface area contributed by atoms with Crippen molar-refractivity contribution in [2.24, 2.45) is 5.73 Å². The number of nitrogens with zero attached hydrogens (tertiary/aromatic N) is 1. The molecule has 0 aromatic heterocycles. The second kappa shape index (κ2) is 5.19. The van der Waals surface area contributed by atoms with Gasteiger partial charge < -0.3 is 15.4 Å². The van der Waals surface area contributed by atoms with Crippen LogP contribution in [0.5, 0.6) is 5.75 Å². The van der Waals surface area contributed by atoms with Gasteiger partial charge in [0.1, 0.15) is 11.9 Å². The second-order valence-corrected chi connectivity index (χ2v) is 5.55. The van der Waals surface area contributed by atoms with Crippen LogP contribution >= 0.6 is 0 Å². The van der Waals surface area contributed by atoms with Crippen molar-refractivity contribution in [2.45, 2.75) is 45.8 Å². The highest BCUT2D eigenvalue weighted by Crippen LogP contribution is 2.36. The molecule has 1 aliphatic heterocycles. The lowest BCUT2D eigenvalue weighted by Crippen LogP contribution is -2.46. The van der Waals surface area contributed by atoms with Gasteiger partial charge in [-0.2, -0.15) is 0 Å². The van der Waals surface area contributed by atoms with Crippen molar-refractivity contribution in [1.82, 2.24) is 0 Å². The van der Waals surface area contributed by atoms with Gasteiger partial charge in [0.25, 0.3) is 0 Å². The van der Waals surface area contributed by atoms with E-state index in [0.29, 0.717) is 18.5 Å². The molecule has 0 aliphatic carbocycles. The fourth-order valence-electron chi connectivity index (χ4n) is 2.39. The molecule has 2 atom stereocenters. The highest BCUT2D eigenvalue weighted by Gasteiger charge is 2.26. The summed E-state index contributed by atoms with van der Waals surface area (Å²) in [6.07, 6.45) is 0.219. The maximum atomic E-state index is 5.91. The van der Waals surface area contributed by atoms with Crippen LogP contribution in [-0.2, 0) is 0 Å². The van der Waals surface area contributed by atoms with E-state index in [2.05, 4.69) is 50.8 Å². The lowest BCUT2D eigenvalue weighted by Gasteiger charge is -2.39. The van der Waals surface area contributed by atoms with Crippen LogP contribution in [0.15, 0.2) is 18.2 Å². The lowest BCUT2D eigenvalue weighted by molar-refractivity contribution is 0.208. The minimum Gasteiger partial charge on any atom is -0.487 e. The quantitative estimate of drug-likeness (QED) is 0.894. The molecule has 0 fully saturated rings. The minimum absolute atomic E-state index is 0.219. The molecule has 1 aliphatic rings. The maximum Gasteiger partial charge on any atom is 0.143 e. The molecule has 0 spiro atoms. The van der Waals surface area contributed by atoms with E-state index in [-0.39, 0.29) is 6.10 Å². The zero-order valence-corrected chi connectivity index (χ0v) is 11.8. The van der Waals surface area contributed by atoms with E-state index < -0.39 is 0 Å². The van der Waals surface area contributed by atoms with Gasteiger partial charge in [-0.3, -0.25) is 0 Å². The van der Waals surface area contributed by atoms with Crippen LogP contribution in [-0.4, -0.2) is 25.2 Å². The van der Waals surface area contributed by atoms with Gasteiger partial charge in [-0.15, -0.1) is 0 Å². The molecule has 3 nitrogen and oxygen atoms in total. The average molecular weight is 248 g/mol. The molecule has 2 unspecified atom stereocenters. The SMILES string of the molecule is CC1CN(C(C)CN)c2cc(C(C)C)ccc2O1. The van der Waals surface area contributed by atoms with Crippen LogP contribution in [0.25, 0.3) is 0 Å². The first-order valence-corrected chi connectivity index (χ1v) is 6.80. The molecular weight excluding hydrogens is 224 g/mol. The molecule has 2 rings (SSSR count). The van der Waals surface area contributed by atoms with E-state index >= 15 is 0 Å². The zero-order valence-electron chi connectivity index (χ0n) is 11.8. The van der Waals surface area contributed by atoms with Crippen molar-refractivity contribution >= 4 is 5.69 Å². The number of anilines is 1. The Morgan fingerprint density at radius 2 is 2.11 bits per heavy atom. The average Bonchev–Trinajstić information content (AvgIpc) is 2.36. The molecule has 0 radical (unpaired) electrons. The highest BCUT2D eigenvalue weighted by atomic mass is 16.5. The molecule has 0 amide bonds. The van der Waals surface area contributed by atoms with Gasteiger partial charge in [-0.25, -0.2) is 0 Å². The zero-order chi connectivity index (χ0) is 13.3. The topological polar surface area (TPSA) is 38.5 Å². The first-order chi connectivity index (χ1) is 8.52. The van der Waals surface area contributed by atoms with Gasteiger partial charge in [0.05, 0.1) is 12.2 Å². The molecule has 1 aromatic carbocycles. The summed E-state index contributed by atoms with van der Waals surface area (Å²) in [5.74, 6) is 1.52. The largest absolute Gasteiger partial charge is 0.487 e. The van der Waals surface area contributed by atoms with Gasteiger partial charge in [-0.1, -0.05) is 19.9 Å². The van der Waals surface area contributed by atoms with Crippen molar-refractivity contribution in [3.05, 3.63) is 23.8 Å². The first kappa shape index (κ1) is 13.2. The number of rotatable bonds is 3. The van der Waals surface area contributed by atoms with E-state index in [0.717, 1.165) is 12.3 Å². The van der Waals surface area contributed by atoms with E-state index in [4.69, 9.17) is 10.5 Å². The molecule has 0 saturated heterocycles. The Hall–Kier alpha value is -1.22. The third-order valence-corrected chi connectivity index (χ3v) is 3.61. The van der Waals surface area contributed by atoms with Crippen molar-refractivity contribution in [3.8, 4) is 5.75 Å². The highest BCUT2D eigenvalue weighted by molar-refractivity contribution is 5.62. The molecule has 0 saturated carbocycles. The van der Waals surface area contributed by atoms with Crippen LogP contribution in [0.1, 0.15) is 39.2 Å². The molecule has 1 heterocycles. The van der Waals surface area contributed by atoms with E-state index in [1.54, 1.807) is 0 Å². The van der Waals surface area contributed by atoms with Gasteiger partial charge in [-0.05, 0) is 37.5 Å². The van der Waals surface area contributed by atoms with Crippen LogP contribution in [0.2, 0.25) is 0 Å². The second-order valence-electron chi connectivity index (χ2n) is 5.55. The molecule has 18 heavy (non-hydrogen) atoms. The monoisotopic (exact) mass is 248 g/mol. The van der Waals surface area contributed by atoms with Crippen LogP contribution in [0.4, 0.5) is 5.69 Å². The number of hydrogen-bond acceptors (Lipinski definition) is 3. The van der Waals surface area contributed by atoms with Gasteiger partial charge in [0, 0.05) is 12.6 Å². The Bertz CT molecular complexity index is 417. The van der Waals surface area contributed by atoms with Crippen molar-refractivity contribution in [2.75, 3.05) is 18.0 Å². The number of fused-ring (bicyclic) bond motifs is 1. The Balaban J connectivity index is 2.40. The summed E-state index contributed by atoms with van der Waals surface area (Å²) in [7, 11) is 0. The summed E-state index contributed by atoms with van der Waals surface area (Å²) in [6, 6.07) is 6.85. The Labute approximate surface area is 110 Å². The number of ether oxygens (including phenoxy) is 1. The van der Waals surface area contributed by atoms with Crippen molar-refractivity contribution in [3.63, 3.8) is 0 Å². The summed E-state index contributed by atoms with van der Waals surface area (Å²) in [4.78, 5) is 2.37. The Morgan fingerprint density at radius 3 is 2.72 bits per heavy atom. The van der Waals surface area contributed by atoms with E-state index in [1.807, 2.05) is 0 Å². The predicted octanol–water partition coefficient (Wildman–Crippen LogP) is 2.74. The predicted molar refractivity (Wildman–Crippen MR) is 76.5 cm³/mol. The fourth-order valence-corrected chi connectivity index (χ4v) is 2.39. The minimum atomic E-state index is 0.219. The van der Waals surface area contributed by atoms with Gasteiger partial charge in [0.2, 0.25) is 0 Å². The molecule has 2 N–H and O–H groups in total. The molecular formula is C15H24N2O.